The van der Waals surface area contributed by atoms with Gasteiger partial charge in [0.25, 0.3) is 0 Å². The molecule has 1 unspecified atom stereocenters. The fraction of sp³-hybridized carbons (Fsp3) is 0.933. The number of Topliss-reactive ketones (excluding diaryl/α,β-unsaturated/α-hetero) is 1. The number of ketones is 1. The van der Waals surface area contributed by atoms with E-state index in [0.717, 1.165) is 25.7 Å². The quantitative estimate of drug-likeness (QED) is 0.703. The summed E-state index contributed by atoms with van der Waals surface area (Å²) in [7, 11) is -1.65. The highest BCUT2D eigenvalue weighted by Crippen LogP contribution is 2.54. The van der Waals surface area contributed by atoms with Crippen molar-refractivity contribution < 1.29 is 9.22 Å². The predicted molar refractivity (Wildman–Crippen MR) is 77.1 cm³/mol. The molecule has 2 nitrogen and oxygen atoms in total. The first-order valence-corrected chi connectivity index (χ1v) is 10.1. The van der Waals surface area contributed by atoms with Crippen LogP contribution in [0.4, 0.5) is 0 Å². The van der Waals surface area contributed by atoms with Gasteiger partial charge in [0.05, 0.1) is 0 Å². The van der Waals surface area contributed by atoms with E-state index >= 15 is 0 Å². The molecule has 0 spiro atoms. The fourth-order valence-electron chi connectivity index (χ4n) is 3.40. The molecule has 2 aliphatic carbocycles. The third-order valence-corrected chi connectivity index (χ3v) is 10.1. The maximum atomic E-state index is 11.6. The predicted octanol–water partition coefficient (Wildman–Crippen LogP) is 4.16. The second-order valence-electron chi connectivity index (χ2n) is 8.21. The molecule has 3 heteroatoms. The number of carbonyl (C=O) groups excluding carboxylic acids is 1. The summed E-state index contributed by atoms with van der Waals surface area (Å²) in [5.74, 6) is 1.05. The lowest BCUT2D eigenvalue weighted by molar-refractivity contribution is -0.118. The van der Waals surface area contributed by atoms with Gasteiger partial charge in [-0.15, -0.1) is 0 Å². The van der Waals surface area contributed by atoms with Crippen LogP contribution >= 0.6 is 0 Å². The Morgan fingerprint density at radius 3 is 2.44 bits per heavy atom. The molecule has 0 N–H and O–H groups in total. The van der Waals surface area contributed by atoms with Crippen LogP contribution in [-0.2, 0) is 9.22 Å². The van der Waals surface area contributed by atoms with Gasteiger partial charge >= 0.3 is 0 Å². The largest absolute Gasteiger partial charge is 0.414 e. The molecule has 18 heavy (non-hydrogen) atoms. The zero-order valence-electron chi connectivity index (χ0n) is 12.8. The van der Waals surface area contributed by atoms with Crippen molar-refractivity contribution in [2.24, 2.45) is 11.3 Å². The summed E-state index contributed by atoms with van der Waals surface area (Å²) < 4.78 is 6.53. The Morgan fingerprint density at radius 1 is 1.33 bits per heavy atom. The molecular formula is C15H28O2Si. The van der Waals surface area contributed by atoms with Crippen LogP contribution in [0.3, 0.4) is 0 Å². The van der Waals surface area contributed by atoms with Gasteiger partial charge in [-0.3, -0.25) is 4.79 Å². The van der Waals surface area contributed by atoms with Gasteiger partial charge in [-0.05, 0) is 42.3 Å². The van der Waals surface area contributed by atoms with E-state index in [2.05, 4.69) is 40.8 Å². The Labute approximate surface area is 113 Å². The number of rotatable bonds is 2. The van der Waals surface area contributed by atoms with Gasteiger partial charge in [-0.25, -0.2) is 0 Å². The van der Waals surface area contributed by atoms with E-state index in [9.17, 15) is 4.79 Å². The molecule has 2 aliphatic rings. The van der Waals surface area contributed by atoms with Gasteiger partial charge in [0.2, 0.25) is 0 Å². The van der Waals surface area contributed by atoms with Crippen LogP contribution in [0.1, 0.15) is 53.4 Å². The van der Waals surface area contributed by atoms with Crippen molar-refractivity contribution in [1.29, 1.82) is 0 Å². The Hall–Kier alpha value is -0.153. The molecule has 0 aliphatic heterocycles. The summed E-state index contributed by atoms with van der Waals surface area (Å²) in [4.78, 5) is 11.6. The number of carbonyl (C=O) groups is 1. The first-order chi connectivity index (χ1) is 8.03. The van der Waals surface area contributed by atoms with Crippen molar-refractivity contribution >= 4 is 14.1 Å². The number of hydrogen-bond donors (Lipinski definition) is 0. The van der Waals surface area contributed by atoms with Crippen molar-refractivity contribution in [3.05, 3.63) is 0 Å². The Bertz CT molecular complexity index is 356. The minimum absolute atomic E-state index is 0.240. The van der Waals surface area contributed by atoms with Crippen LogP contribution in [0.25, 0.3) is 0 Å². The second-order valence-corrected chi connectivity index (χ2v) is 13.0. The summed E-state index contributed by atoms with van der Waals surface area (Å²) in [6.45, 7) is 13.8. The number of fused-ring (bicyclic) bond motifs is 1. The average molecular weight is 268 g/mol. The fourth-order valence-corrected chi connectivity index (χ4v) is 4.77. The Kier molecular flexibility index (Phi) is 3.30. The highest BCUT2D eigenvalue weighted by molar-refractivity contribution is 6.74. The lowest BCUT2D eigenvalue weighted by Crippen LogP contribution is -2.43. The summed E-state index contributed by atoms with van der Waals surface area (Å²) in [6, 6.07) is 0. The van der Waals surface area contributed by atoms with Gasteiger partial charge in [0.1, 0.15) is 5.78 Å². The summed E-state index contributed by atoms with van der Waals surface area (Å²) in [5, 5.41) is 0.279. The monoisotopic (exact) mass is 268 g/mol. The van der Waals surface area contributed by atoms with Crippen molar-refractivity contribution in [3.8, 4) is 0 Å². The maximum absolute atomic E-state index is 11.6. The van der Waals surface area contributed by atoms with E-state index in [1.54, 1.807) is 0 Å². The normalized spacial score (nSPS) is 37.1. The van der Waals surface area contributed by atoms with E-state index in [1.165, 1.54) is 0 Å². The summed E-state index contributed by atoms with van der Waals surface area (Å²) >= 11 is 0. The smallest absolute Gasteiger partial charge is 0.192 e. The SMILES string of the molecule is CC(C)(C)[Si](C)(C)O[C@@H]1CC2CC(=O)C[C@]2(C)C1. The topological polar surface area (TPSA) is 26.3 Å². The van der Waals surface area contributed by atoms with Crippen LogP contribution < -0.4 is 0 Å². The van der Waals surface area contributed by atoms with Gasteiger partial charge in [0, 0.05) is 18.9 Å². The standard InChI is InChI=1S/C15H28O2Si/c1-14(2,3)18(5,6)17-13-8-11-7-12(16)9-15(11,4)10-13/h11,13H,7-10H2,1-6H3/t11?,13-,15-/m1/s1. The van der Waals surface area contributed by atoms with Gasteiger partial charge in [-0.2, -0.15) is 0 Å². The molecule has 0 amide bonds. The molecule has 0 heterocycles. The van der Waals surface area contributed by atoms with Gasteiger partial charge < -0.3 is 4.43 Å². The molecule has 0 bridgehead atoms. The van der Waals surface area contributed by atoms with Crippen molar-refractivity contribution in [2.45, 2.75) is 77.6 Å². The molecule has 2 fully saturated rings. The van der Waals surface area contributed by atoms with Crippen LogP contribution in [0.2, 0.25) is 18.1 Å². The first kappa shape index (κ1) is 14.3. The average Bonchev–Trinajstić information content (AvgIpc) is 2.50. The highest BCUT2D eigenvalue weighted by atomic mass is 28.4. The van der Waals surface area contributed by atoms with E-state index in [0.29, 0.717) is 17.8 Å². The molecule has 0 saturated heterocycles. The third-order valence-electron chi connectivity index (χ3n) is 5.57. The molecule has 2 rings (SSSR count). The third kappa shape index (κ3) is 2.44. The molecule has 0 aromatic rings. The van der Waals surface area contributed by atoms with Crippen LogP contribution in [-0.4, -0.2) is 20.2 Å². The molecule has 0 aromatic carbocycles. The zero-order valence-corrected chi connectivity index (χ0v) is 13.8. The van der Waals surface area contributed by atoms with Crippen LogP contribution in [0.5, 0.6) is 0 Å². The van der Waals surface area contributed by atoms with E-state index < -0.39 is 8.32 Å². The van der Waals surface area contributed by atoms with Crippen LogP contribution in [0, 0.1) is 11.3 Å². The Morgan fingerprint density at radius 2 is 1.94 bits per heavy atom. The van der Waals surface area contributed by atoms with E-state index in [4.69, 9.17) is 4.43 Å². The van der Waals surface area contributed by atoms with E-state index in [1.807, 2.05) is 0 Å². The van der Waals surface area contributed by atoms with Crippen molar-refractivity contribution in [2.75, 3.05) is 0 Å². The van der Waals surface area contributed by atoms with Crippen LogP contribution in [0.15, 0.2) is 0 Å². The maximum Gasteiger partial charge on any atom is 0.192 e. The first-order valence-electron chi connectivity index (χ1n) is 7.23. The summed E-state index contributed by atoms with van der Waals surface area (Å²) in [6.07, 6.45) is 4.18. The lowest BCUT2D eigenvalue weighted by Gasteiger charge is -2.38. The zero-order chi connectivity index (χ0) is 13.8. The molecule has 3 atom stereocenters. The molecule has 2 saturated carbocycles. The van der Waals surface area contributed by atoms with Crippen molar-refractivity contribution in [1.82, 2.24) is 0 Å². The highest BCUT2D eigenvalue weighted by Gasteiger charge is 2.52. The van der Waals surface area contributed by atoms with Gasteiger partial charge in [0.15, 0.2) is 8.32 Å². The second kappa shape index (κ2) is 4.17. The van der Waals surface area contributed by atoms with Crippen molar-refractivity contribution in [3.63, 3.8) is 0 Å². The molecule has 104 valence electrons. The minimum atomic E-state index is -1.65. The molecule has 0 radical (unpaired) electrons. The number of hydrogen-bond acceptors (Lipinski definition) is 2. The van der Waals surface area contributed by atoms with E-state index in [-0.39, 0.29) is 10.5 Å². The van der Waals surface area contributed by atoms with Gasteiger partial charge in [-0.1, -0.05) is 27.7 Å². The molecular weight excluding hydrogens is 240 g/mol. The summed E-state index contributed by atoms with van der Waals surface area (Å²) in [5.41, 5.74) is 0.240. The lowest BCUT2D eigenvalue weighted by atomic mass is 9.83. The Balaban J connectivity index is 2.02. The molecule has 0 aromatic heterocycles. The minimum Gasteiger partial charge on any atom is -0.414 e.